The number of hydrogen-bond donors (Lipinski definition) is 2. The molecule has 2 N–H and O–H groups in total. The van der Waals surface area contributed by atoms with Gasteiger partial charge in [-0.2, -0.15) is 0 Å². The fraction of sp³-hybridized carbons (Fsp3) is 0.269. The van der Waals surface area contributed by atoms with Gasteiger partial charge in [0.1, 0.15) is 10.8 Å². The Labute approximate surface area is 222 Å². The predicted octanol–water partition coefficient (Wildman–Crippen LogP) is 3.59. The maximum absolute atomic E-state index is 15.1. The molecule has 0 saturated carbocycles. The van der Waals surface area contributed by atoms with E-state index in [0.717, 1.165) is 0 Å². The summed E-state index contributed by atoms with van der Waals surface area (Å²) in [7, 11) is 0. The van der Waals surface area contributed by atoms with Crippen molar-refractivity contribution in [2.45, 2.75) is 31.6 Å². The van der Waals surface area contributed by atoms with Crippen LogP contribution in [0, 0.1) is 5.82 Å². The molecule has 0 radical (unpaired) electrons. The molecule has 1 aromatic carbocycles. The van der Waals surface area contributed by atoms with Crippen molar-refractivity contribution < 1.29 is 14.0 Å². The number of benzene rings is 1. The zero-order valence-electron chi connectivity index (χ0n) is 20.6. The summed E-state index contributed by atoms with van der Waals surface area (Å²) in [5.74, 6) is 0.272. The van der Waals surface area contributed by atoms with Crippen molar-refractivity contribution >= 4 is 39.9 Å². The molecule has 0 unspecified atom stereocenters. The summed E-state index contributed by atoms with van der Waals surface area (Å²) in [5.41, 5.74) is 0.486. The second kappa shape index (κ2) is 11.0. The van der Waals surface area contributed by atoms with Gasteiger partial charge >= 0.3 is 0 Å². The van der Waals surface area contributed by atoms with Crippen LogP contribution < -0.4 is 15.5 Å². The van der Waals surface area contributed by atoms with Gasteiger partial charge in [0.25, 0.3) is 0 Å². The van der Waals surface area contributed by atoms with Crippen LogP contribution in [0.1, 0.15) is 36.0 Å². The van der Waals surface area contributed by atoms with Crippen LogP contribution in [-0.2, 0) is 21.4 Å². The van der Waals surface area contributed by atoms with Crippen LogP contribution in [0.2, 0.25) is 0 Å². The fourth-order valence-electron chi connectivity index (χ4n) is 4.60. The topological polar surface area (TPSA) is 126 Å². The van der Waals surface area contributed by atoms with E-state index in [1.807, 2.05) is 12.1 Å². The number of halogens is 1. The van der Waals surface area contributed by atoms with Crippen molar-refractivity contribution in [3.05, 3.63) is 82.9 Å². The molecule has 1 saturated heterocycles. The Balaban J connectivity index is 1.36. The fourth-order valence-corrected chi connectivity index (χ4v) is 5.62. The maximum atomic E-state index is 15.1. The summed E-state index contributed by atoms with van der Waals surface area (Å²) in [6.07, 6.45) is 2.86. The smallest absolute Gasteiger partial charge is 0.232 e. The third-order valence-corrected chi connectivity index (χ3v) is 7.48. The average Bonchev–Trinajstić information content (AvgIpc) is 3.39. The largest absolute Gasteiger partial charge is 0.355 e. The number of rotatable bonds is 7. The van der Waals surface area contributed by atoms with Crippen LogP contribution in [0.15, 0.2) is 60.8 Å². The van der Waals surface area contributed by atoms with Crippen LogP contribution in [0.4, 0.5) is 21.2 Å². The number of nitrogens with one attached hydrogen (secondary N) is 2. The van der Waals surface area contributed by atoms with Crippen LogP contribution in [-0.4, -0.2) is 50.3 Å². The van der Waals surface area contributed by atoms with Crippen LogP contribution >= 0.6 is 11.3 Å². The monoisotopic (exact) mass is 532 g/mol. The average molecular weight is 533 g/mol. The highest BCUT2D eigenvalue weighted by Crippen LogP contribution is 2.45. The summed E-state index contributed by atoms with van der Waals surface area (Å²) >= 11 is 1.26. The molecule has 4 heterocycles. The van der Waals surface area contributed by atoms with E-state index in [1.165, 1.54) is 24.3 Å². The molecule has 2 amide bonds. The minimum absolute atomic E-state index is 0.116. The lowest BCUT2D eigenvalue weighted by Crippen LogP contribution is -2.44. The van der Waals surface area contributed by atoms with Crippen molar-refractivity contribution in [3.8, 4) is 0 Å². The molecule has 1 aliphatic heterocycles. The van der Waals surface area contributed by atoms with Gasteiger partial charge in [-0.25, -0.2) is 4.39 Å². The number of amides is 2. The lowest BCUT2D eigenvalue weighted by Gasteiger charge is -2.41. The minimum Gasteiger partial charge on any atom is -0.355 e. The number of pyridine rings is 1. The number of carbonyl (C=O) groups excluding carboxylic acids is 2. The molecule has 3 aromatic heterocycles. The third kappa shape index (κ3) is 5.49. The molecular formula is C26H25FN8O2S. The van der Waals surface area contributed by atoms with Crippen molar-refractivity contribution in [3.63, 3.8) is 0 Å². The molecule has 0 atom stereocenters. The first-order valence-electron chi connectivity index (χ1n) is 12.1. The van der Waals surface area contributed by atoms with Crippen molar-refractivity contribution in [1.29, 1.82) is 0 Å². The van der Waals surface area contributed by atoms with Gasteiger partial charge in [-0.05, 0) is 43.2 Å². The number of carbonyl (C=O) groups is 2. The highest BCUT2D eigenvalue weighted by molar-refractivity contribution is 7.15. The predicted molar refractivity (Wildman–Crippen MR) is 141 cm³/mol. The van der Waals surface area contributed by atoms with Gasteiger partial charge in [-0.15, -0.1) is 20.4 Å². The molecule has 5 rings (SSSR count). The van der Waals surface area contributed by atoms with Gasteiger partial charge in [0, 0.05) is 37.5 Å². The molecule has 0 spiro atoms. The molecule has 0 bridgehead atoms. The highest BCUT2D eigenvalue weighted by atomic mass is 32.1. The molecule has 12 heteroatoms. The zero-order valence-corrected chi connectivity index (χ0v) is 21.4. The molecule has 10 nitrogen and oxygen atoms in total. The number of hydrogen-bond acceptors (Lipinski definition) is 9. The van der Waals surface area contributed by atoms with E-state index in [4.69, 9.17) is 0 Å². The second-order valence-corrected chi connectivity index (χ2v) is 9.94. The van der Waals surface area contributed by atoms with Gasteiger partial charge in [-0.3, -0.25) is 14.6 Å². The quantitative estimate of drug-likeness (QED) is 0.370. The molecule has 1 fully saturated rings. The number of anilines is 3. The molecular weight excluding hydrogens is 507 g/mol. The van der Waals surface area contributed by atoms with E-state index in [0.29, 0.717) is 59.0 Å². The lowest BCUT2D eigenvalue weighted by atomic mass is 9.73. The van der Waals surface area contributed by atoms with Gasteiger partial charge in [0.05, 0.1) is 11.8 Å². The van der Waals surface area contributed by atoms with Crippen molar-refractivity contribution in [2.75, 3.05) is 28.6 Å². The Kier molecular flexibility index (Phi) is 7.31. The summed E-state index contributed by atoms with van der Waals surface area (Å²) in [6.45, 7) is 2.56. The van der Waals surface area contributed by atoms with E-state index in [9.17, 15) is 9.59 Å². The molecule has 4 aromatic rings. The summed E-state index contributed by atoms with van der Waals surface area (Å²) in [4.78, 5) is 30.0. The first-order valence-corrected chi connectivity index (χ1v) is 12.9. The Hall–Kier alpha value is -4.32. The van der Waals surface area contributed by atoms with Crippen molar-refractivity contribution in [2.24, 2.45) is 0 Å². The number of aromatic nitrogens is 5. The Morgan fingerprint density at radius 2 is 1.76 bits per heavy atom. The number of nitrogens with zero attached hydrogens (tertiary/aromatic N) is 6. The van der Waals surface area contributed by atoms with Crippen LogP contribution in [0.25, 0.3) is 0 Å². The van der Waals surface area contributed by atoms with E-state index >= 15 is 4.39 Å². The Morgan fingerprint density at radius 1 is 0.974 bits per heavy atom. The highest BCUT2D eigenvalue weighted by Gasteiger charge is 2.43. The zero-order chi connectivity index (χ0) is 26.5. The normalized spacial score (nSPS) is 14.6. The first kappa shape index (κ1) is 25.3. The molecule has 0 aliphatic carbocycles. The lowest BCUT2D eigenvalue weighted by molar-refractivity contribution is -0.116. The maximum Gasteiger partial charge on any atom is 0.232 e. The standard InChI is InChI=1S/C26H25FN8O2S/c1-17(36)29-21-9-10-22(32-31-21)35-14-11-26(12-15-35,19-7-2-3-8-20(19)27)24-33-34-25(38-24)30-23(37)16-18-6-4-5-13-28-18/h2-10,13H,11-12,14-16H2,1H3,(H,29,31,36)(H,30,34,37). The summed E-state index contributed by atoms with van der Waals surface area (Å²) in [6, 6.07) is 15.6. The Bertz CT molecular complexity index is 1420. The SMILES string of the molecule is CC(=O)Nc1ccc(N2CCC(c3nnc(NC(=O)Cc4ccccn4)s3)(c3ccccc3F)CC2)nn1. The second-order valence-electron chi connectivity index (χ2n) is 8.97. The Morgan fingerprint density at radius 3 is 2.45 bits per heavy atom. The van der Waals surface area contributed by atoms with E-state index < -0.39 is 5.41 Å². The van der Waals surface area contributed by atoms with E-state index in [1.54, 1.807) is 42.6 Å². The number of piperidine rings is 1. The van der Waals surface area contributed by atoms with Crippen molar-refractivity contribution in [1.82, 2.24) is 25.4 Å². The third-order valence-electron chi connectivity index (χ3n) is 6.43. The van der Waals surface area contributed by atoms with E-state index in [2.05, 4.69) is 40.9 Å². The summed E-state index contributed by atoms with van der Waals surface area (Å²) in [5, 5.41) is 23.3. The van der Waals surface area contributed by atoms with Crippen LogP contribution in [0.3, 0.4) is 0 Å². The van der Waals surface area contributed by atoms with Gasteiger partial charge in [-0.1, -0.05) is 35.6 Å². The van der Waals surface area contributed by atoms with Gasteiger partial charge in [0.2, 0.25) is 16.9 Å². The van der Waals surface area contributed by atoms with Gasteiger partial charge in [0.15, 0.2) is 11.6 Å². The molecule has 194 valence electrons. The summed E-state index contributed by atoms with van der Waals surface area (Å²) < 4.78 is 15.1. The molecule has 38 heavy (non-hydrogen) atoms. The van der Waals surface area contributed by atoms with E-state index in [-0.39, 0.29) is 24.1 Å². The minimum atomic E-state index is -0.715. The van der Waals surface area contributed by atoms with Crippen LogP contribution in [0.5, 0.6) is 0 Å². The first-order chi connectivity index (χ1) is 18.4. The molecule has 1 aliphatic rings. The van der Waals surface area contributed by atoms with Gasteiger partial charge < -0.3 is 15.5 Å².